The van der Waals surface area contributed by atoms with Gasteiger partial charge in [-0.05, 0) is 17.2 Å². The van der Waals surface area contributed by atoms with Crippen molar-refractivity contribution in [1.29, 1.82) is 0 Å². The van der Waals surface area contributed by atoms with Gasteiger partial charge < -0.3 is 10.0 Å². The third-order valence-electron chi connectivity index (χ3n) is 4.58. The summed E-state index contributed by atoms with van der Waals surface area (Å²) in [5, 5.41) is 9.75. The minimum Gasteiger partial charge on any atom is -0.480 e. The molecule has 0 saturated carbocycles. The number of fused-ring (bicyclic) bond motifs is 1. The smallest absolute Gasteiger partial charge is 0.326 e. The highest BCUT2D eigenvalue weighted by Crippen LogP contribution is 2.38. The second-order valence-corrected chi connectivity index (χ2v) is 8.31. The van der Waals surface area contributed by atoms with Gasteiger partial charge in [-0.3, -0.25) is 4.79 Å². The number of hydrogen-bond donors (Lipinski definition) is 1. The zero-order valence-corrected chi connectivity index (χ0v) is 15.0. The molecule has 7 heteroatoms. The van der Waals surface area contributed by atoms with Crippen molar-refractivity contribution in [2.75, 3.05) is 5.75 Å². The Hall–Kier alpha value is -2.67. The van der Waals surface area contributed by atoms with Gasteiger partial charge in [0, 0.05) is 13.3 Å². The molecule has 26 heavy (non-hydrogen) atoms. The van der Waals surface area contributed by atoms with E-state index >= 15 is 0 Å². The van der Waals surface area contributed by atoms with Gasteiger partial charge in [0.15, 0.2) is 9.84 Å². The first kappa shape index (κ1) is 18.1. The van der Waals surface area contributed by atoms with Crippen molar-refractivity contribution in [3.8, 4) is 0 Å². The predicted molar refractivity (Wildman–Crippen MR) is 95.3 cm³/mol. The molecule has 1 N–H and O–H groups in total. The van der Waals surface area contributed by atoms with Crippen LogP contribution in [0.1, 0.15) is 24.1 Å². The average molecular weight is 373 g/mol. The van der Waals surface area contributed by atoms with E-state index in [0.29, 0.717) is 5.56 Å². The van der Waals surface area contributed by atoms with Crippen LogP contribution in [0.2, 0.25) is 0 Å². The topological polar surface area (TPSA) is 91.8 Å². The largest absolute Gasteiger partial charge is 0.480 e. The van der Waals surface area contributed by atoms with Crippen molar-refractivity contribution in [3.05, 3.63) is 65.7 Å². The van der Waals surface area contributed by atoms with Crippen molar-refractivity contribution in [2.24, 2.45) is 0 Å². The number of amides is 1. The molecule has 1 aliphatic heterocycles. The van der Waals surface area contributed by atoms with E-state index in [1.165, 1.54) is 17.9 Å². The maximum Gasteiger partial charge on any atom is 0.326 e. The number of sulfone groups is 1. The third kappa shape index (κ3) is 3.35. The SMILES string of the molecule is CC(=O)N(C1CS(=O)(=O)c2ccccc21)[C@@H](Cc1ccccc1)C(=O)O. The minimum atomic E-state index is -3.55. The van der Waals surface area contributed by atoms with Crippen molar-refractivity contribution in [2.45, 2.75) is 30.3 Å². The van der Waals surface area contributed by atoms with E-state index < -0.39 is 33.8 Å². The van der Waals surface area contributed by atoms with E-state index in [2.05, 4.69) is 0 Å². The monoisotopic (exact) mass is 373 g/mol. The molecule has 6 nitrogen and oxygen atoms in total. The molecule has 136 valence electrons. The van der Waals surface area contributed by atoms with E-state index in [0.717, 1.165) is 5.56 Å². The van der Waals surface area contributed by atoms with Crippen LogP contribution in [-0.4, -0.2) is 42.1 Å². The molecular formula is C19H19NO5S. The van der Waals surface area contributed by atoms with Crippen LogP contribution in [0.25, 0.3) is 0 Å². The third-order valence-corrected chi connectivity index (χ3v) is 6.38. The fraction of sp³-hybridized carbons (Fsp3) is 0.263. The first-order valence-electron chi connectivity index (χ1n) is 8.18. The van der Waals surface area contributed by atoms with E-state index in [1.54, 1.807) is 42.5 Å². The molecule has 1 heterocycles. The van der Waals surface area contributed by atoms with Gasteiger partial charge in [0.05, 0.1) is 16.7 Å². The van der Waals surface area contributed by atoms with Crippen molar-refractivity contribution >= 4 is 21.7 Å². The van der Waals surface area contributed by atoms with Crippen LogP contribution in [0, 0.1) is 0 Å². The zero-order valence-electron chi connectivity index (χ0n) is 14.2. The predicted octanol–water partition coefficient (Wildman–Crippen LogP) is 2.06. The Morgan fingerprint density at radius 3 is 2.35 bits per heavy atom. The molecule has 2 aromatic rings. The molecule has 2 aromatic carbocycles. The molecule has 2 atom stereocenters. The molecule has 0 radical (unpaired) electrons. The highest BCUT2D eigenvalue weighted by molar-refractivity contribution is 7.91. The number of benzene rings is 2. The number of rotatable bonds is 5. The van der Waals surface area contributed by atoms with Crippen molar-refractivity contribution < 1.29 is 23.1 Å². The lowest BCUT2D eigenvalue weighted by Gasteiger charge is -2.33. The van der Waals surface area contributed by atoms with Crippen LogP contribution in [0.15, 0.2) is 59.5 Å². The standard InChI is InChI=1S/C19H19NO5S/c1-13(21)20(16(19(22)23)11-14-7-3-2-4-8-14)17-12-26(24,25)18-10-6-5-9-15(17)18/h2-10,16-17H,11-12H2,1H3,(H,22,23)/t16-,17?/m0/s1. The van der Waals surface area contributed by atoms with Gasteiger partial charge in [-0.25, -0.2) is 13.2 Å². The second-order valence-electron chi connectivity index (χ2n) is 6.31. The lowest BCUT2D eigenvalue weighted by atomic mass is 10.00. The van der Waals surface area contributed by atoms with E-state index in [9.17, 15) is 23.1 Å². The summed E-state index contributed by atoms with van der Waals surface area (Å²) in [6.07, 6.45) is 0.106. The van der Waals surface area contributed by atoms with E-state index in [1.807, 2.05) is 6.07 Å². The maximum atomic E-state index is 12.5. The first-order chi connectivity index (χ1) is 12.3. The Bertz CT molecular complexity index is 939. The number of hydrogen-bond acceptors (Lipinski definition) is 4. The fourth-order valence-electron chi connectivity index (χ4n) is 3.45. The number of carboxylic acids is 1. The Morgan fingerprint density at radius 2 is 1.73 bits per heavy atom. The summed E-state index contributed by atoms with van der Waals surface area (Å²) < 4.78 is 24.9. The maximum absolute atomic E-state index is 12.5. The number of carboxylic acid groups (broad SMARTS) is 1. The molecule has 3 rings (SSSR count). The molecule has 1 aliphatic rings. The number of aliphatic carboxylic acids is 1. The number of carbonyl (C=O) groups excluding carboxylic acids is 1. The lowest BCUT2D eigenvalue weighted by Crippen LogP contribution is -2.48. The Morgan fingerprint density at radius 1 is 1.12 bits per heavy atom. The van der Waals surface area contributed by atoms with Gasteiger partial charge in [0.25, 0.3) is 0 Å². The molecule has 0 fully saturated rings. The van der Waals surface area contributed by atoms with Gasteiger partial charge in [-0.15, -0.1) is 0 Å². The minimum absolute atomic E-state index is 0.106. The Kier molecular flexibility index (Phi) is 4.82. The van der Waals surface area contributed by atoms with Gasteiger partial charge >= 0.3 is 5.97 Å². The van der Waals surface area contributed by atoms with Crippen LogP contribution < -0.4 is 0 Å². The van der Waals surface area contributed by atoms with Crippen LogP contribution in [0.3, 0.4) is 0 Å². The first-order valence-corrected chi connectivity index (χ1v) is 9.84. The molecule has 0 spiro atoms. The van der Waals surface area contributed by atoms with Gasteiger partial charge in [0.2, 0.25) is 5.91 Å². The summed E-state index contributed by atoms with van der Waals surface area (Å²) in [6, 6.07) is 13.5. The molecular weight excluding hydrogens is 354 g/mol. The van der Waals surface area contributed by atoms with E-state index in [-0.39, 0.29) is 17.1 Å². The number of carbonyl (C=O) groups is 2. The quantitative estimate of drug-likeness (QED) is 0.866. The van der Waals surface area contributed by atoms with Crippen LogP contribution >= 0.6 is 0 Å². The van der Waals surface area contributed by atoms with E-state index in [4.69, 9.17) is 0 Å². The summed E-state index contributed by atoms with van der Waals surface area (Å²) in [6.45, 7) is 1.27. The highest BCUT2D eigenvalue weighted by atomic mass is 32.2. The number of nitrogens with zero attached hydrogens (tertiary/aromatic N) is 1. The van der Waals surface area contributed by atoms with Gasteiger partial charge in [0.1, 0.15) is 6.04 Å². The molecule has 1 unspecified atom stereocenters. The van der Waals surface area contributed by atoms with Crippen LogP contribution in [-0.2, 0) is 25.8 Å². The summed E-state index contributed by atoms with van der Waals surface area (Å²) in [5.74, 6) is -1.93. The fourth-order valence-corrected chi connectivity index (χ4v) is 5.24. The van der Waals surface area contributed by atoms with Crippen molar-refractivity contribution in [1.82, 2.24) is 4.90 Å². The van der Waals surface area contributed by atoms with Crippen LogP contribution in [0.5, 0.6) is 0 Å². The Balaban J connectivity index is 2.03. The van der Waals surface area contributed by atoms with Gasteiger partial charge in [-0.2, -0.15) is 0 Å². The summed E-state index contributed by atoms with van der Waals surface area (Å²) in [7, 11) is -3.55. The molecule has 1 amide bonds. The Labute approximate surface area is 152 Å². The highest BCUT2D eigenvalue weighted by Gasteiger charge is 2.43. The van der Waals surface area contributed by atoms with Crippen LogP contribution in [0.4, 0.5) is 0 Å². The zero-order chi connectivity index (χ0) is 18.9. The van der Waals surface area contributed by atoms with Crippen molar-refractivity contribution in [3.63, 3.8) is 0 Å². The molecule has 0 saturated heterocycles. The van der Waals surface area contributed by atoms with Gasteiger partial charge in [-0.1, -0.05) is 48.5 Å². The molecule has 0 aromatic heterocycles. The summed E-state index contributed by atoms with van der Waals surface area (Å²) >= 11 is 0. The normalized spacial score (nSPS) is 18.7. The molecule has 0 bridgehead atoms. The molecule has 0 aliphatic carbocycles. The summed E-state index contributed by atoms with van der Waals surface area (Å²) in [4.78, 5) is 25.7. The lowest BCUT2D eigenvalue weighted by molar-refractivity contribution is -0.151. The average Bonchev–Trinajstić information content (AvgIpc) is 2.86. The summed E-state index contributed by atoms with van der Waals surface area (Å²) in [5.41, 5.74) is 1.24. The second kappa shape index (κ2) is 6.92.